The summed E-state index contributed by atoms with van der Waals surface area (Å²) in [6.45, 7) is 0.394. The third kappa shape index (κ3) is 4.63. The minimum atomic E-state index is -0.214. The fourth-order valence-electron chi connectivity index (χ4n) is 2.85. The minimum absolute atomic E-state index is 0.130. The van der Waals surface area contributed by atoms with Crippen LogP contribution in [0.15, 0.2) is 51.8 Å². The molecule has 2 heterocycles. The number of nitrogens with zero attached hydrogens (tertiary/aromatic N) is 1. The van der Waals surface area contributed by atoms with Crippen molar-refractivity contribution in [1.82, 2.24) is 4.90 Å². The highest BCUT2D eigenvalue weighted by molar-refractivity contribution is 9.10. The largest absolute Gasteiger partial charge is 0.454 e. The van der Waals surface area contributed by atoms with Crippen molar-refractivity contribution in [2.24, 2.45) is 0 Å². The van der Waals surface area contributed by atoms with Crippen LogP contribution in [0.4, 0.5) is 5.69 Å². The van der Waals surface area contributed by atoms with E-state index in [-0.39, 0.29) is 31.6 Å². The van der Waals surface area contributed by atoms with E-state index in [4.69, 9.17) is 21.7 Å². The number of thiocarbonyl (C=S) groups is 1. The summed E-state index contributed by atoms with van der Waals surface area (Å²) >= 11 is 9.99. The van der Waals surface area contributed by atoms with Crippen LogP contribution in [0, 0.1) is 0 Å². The van der Waals surface area contributed by atoms with Gasteiger partial charge in [-0.2, -0.15) is 0 Å². The maximum atomic E-state index is 12.7. The van der Waals surface area contributed by atoms with Crippen LogP contribution in [0.2, 0.25) is 0 Å². The smallest absolute Gasteiger partial charge is 0.266 e. The van der Waals surface area contributed by atoms with Crippen molar-refractivity contribution in [3.05, 3.63) is 57.4 Å². The van der Waals surface area contributed by atoms with Crippen LogP contribution in [0.1, 0.15) is 12.0 Å². The lowest BCUT2D eigenvalue weighted by Crippen LogP contribution is -2.31. The molecule has 0 aliphatic carbocycles. The number of halogens is 1. The van der Waals surface area contributed by atoms with Crippen molar-refractivity contribution in [3.63, 3.8) is 0 Å². The molecule has 0 aromatic heterocycles. The van der Waals surface area contributed by atoms with Gasteiger partial charge in [0.2, 0.25) is 12.7 Å². The molecule has 148 valence electrons. The number of fused-ring (bicyclic) bond motifs is 1. The summed E-state index contributed by atoms with van der Waals surface area (Å²) in [4.78, 5) is 27.0. The summed E-state index contributed by atoms with van der Waals surface area (Å²) in [5.41, 5.74) is 1.51. The number of ether oxygens (including phenoxy) is 2. The Hall–Kier alpha value is -2.36. The fraction of sp³-hybridized carbons (Fsp3) is 0.150. The topological polar surface area (TPSA) is 67.9 Å². The number of benzene rings is 2. The van der Waals surface area contributed by atoms with Crippen molar-refractivity contribution >= 4 is 67.8 Å². The van der Waals surface area contributed by atoms with E-state index >= 15 is 0 Å². The van der Waals surface area contributed by atoms with E-state index < -0.39 is 0 Å². The molecule has 4 rings (SSSR count). The molecule has 0 spiro atoms. The first-order valence-electron chi connectivity index (χ1n) is 8.70. The maximum Gasteiger partial charge on any atom is 0.266 e. The first-order chi connectivity index (χ1) is 14.0. The van der Waals surface area contributed by atoms with Gasteiger partial charge in [-0.1, -0.05) is 52.0 Å². The van der Waals surface area contributed by atoms with Crippen LogP contribution in [0.3, 0.4) is 0 Å². The van der Waals surface area contributed by atoms with E-state index in [9.17, 15) is 9.59 Å². The van der Waals surface area contributed by atoms with Crippen molar-refractivity contribution in [2.45, 2.75) is 6.42 Å². The average Bonchev–Trinajstić information content (AvgIpc) is 3.24. The third-order valence-electron chi connectivity index (χ3n) is 4.24. The Bertz CT molecular complexity index is 1040. The second kappa shape index (κ2) is 8.56. The fourth-order valence-corrected chi connectivity index (χ4v) is 4.58. The number of carbonyl (C=O) groups is 2. The highest BCUT2D eigenvalue weighted by atomic mass is 79.9. The number of hydrogen-bond acceptors (Lipinski definition) is 6. The monoisotopic (exact) mass is 490 g/mol. The van der Waals surface area contributed by atoms with Gasteiger partial charge in [-0.05, 0) is 35.9 Å². The highest BCUT2D eigenvalue weighted by Gasteiger charge is 2.32. The molecule has 0 radical (unpaired) electrons. The summed E-state index contributed by atoms with van der Waals surface area (Å²) in [5, 5.41) is 2.80. The molecule has 2 aromatic rings. The third-order valence-corrected chi connectivity index (χ3v) is 6.11. The molecular weight excluding hydrogens is 476 g/mol. The van der Waals surface area contributed by atoms with Gasteiger partial charge in [-0.25, -0.2) is 0 Å². The van der Waals surface area contributed by atoms with Gasteiger partial charge in [0.25, 0.3) is 5.91 Å². The predicted molar refractivity (Wildman–Crippen MR) is 120 cm³/mol. The number of hydrogen-bond donors (Lipinski definition) is 1. The van der Waals surface area contributed by atoms with Crippen LogP contribution >= 0.6 is 39.9 Å². The number of thioether (sulfide) groups is 1. The Morgan fingerprint density at radius 2 is 2.07 bits per heavy atom. The molecule has 2 aliphatic heterocycles. The highest BCUT2D eigenvalue weighted by Crippen LogP contribution is 2.35. The van der Waals surface area contributed by atoms with Gasteiger partial charge >= 0.3 is 0 Å². The molecule has 2 aliphatic rings. The SMILES string of the molecule is O=C(CCN1C(=O)/C(=C/c2cccc(Br)c2)SC1=S)Nc1ccc2c(c1)OCO2. The molecule has 0 unspecified atom stereocenters. The Balaban J connectivity index is 1.36. The quantitative estimate of drug-likeness (QED) is 0.494. The molecule has 0 saturated carbocycles. The molecule has 6 nitrogen and oxygen atoms in total. The normalized spacial score (nSPS) is 16.6. The van der Waals surface area contributed by atoms with Crippen LogP contribution in [0.25, 0.3) is 6.08 Å². The molecular formula is C20H15BrN2O4S2. The average molecular weight is 491 g/mol. The van der Waals surface area contributed by atoms with Gasteiger partial charge in [-0.3, -0.25) is 14.5 Å². The van der Waals surface area contributed by atoms with Crippen LogP contribution in [0.5, 0.6) is 11.5 Å². The van der Waals surface area contributed by atoms with Crippen LogP contribution in [-0.4, -0.2) is 34.4 Å². The summed E-state index contributed by atoms with van der Waals surface area (Å²) in [6, 6.07) is 12.8. The molecule has 1 saturated heterocycles. The molecule has 2 amide bonds. The van der Waals surface area contributed by atoms with E-state index in [1.165, 1.54) is 16.7 Å². The van der Waals surface area contributed by atoms with Crippen molar-refractivity contribution < 1.29 is 19.1 Å². The molecule has 1 N–H and O–H groups in total. The van der Waals surface area contributed by atoms with E-state index in [0.717, 1.165) is 10.0 Å². The van der Waals surface area contributed by atoms with E-state index in [1.54, 1.807) is 24.3 Å². The maximum absolute atomic E-state index is 12.7. The minimum Gasteiger partial charge on any atom is -0.454 e. The van der Waals surface area contributed by atoms with Gasteiger partial charge in [0, 0.05) is 29.2 Å². The number of anilines is 1. The molecule has 0 bridgehead atoms. The van der Waals surface area contributed by atoms with Crippen molar-refractivity contribution in [2.75, 3.05) is 18.7 Å². The zero-order valence-corrected chi connectivity index (χ0v) is 18.2. The molecule has 1 fully saturated rings. The second-order valence-electron chi connectivity index (χ2n) is 6.25. The predicted octanol–water partition coefficient (Wildman–Crippen LogP) is 4.41. The van der Waals surface area contributed by atoms with Crippen LogP contribution < -0.4 is 14.8 Å². The van der Waals surface area contributed by atoms with Gasteiger partial charge in [0.15, 0.2) is 11.5 Å². The standard InChI is InChI=1S/C20H15BrN2O4S2/c21-13-3-1-2-12(8-13)9-17-19(25)23(20(28)29-17)7-6-18(24)22-14-4-5-15-16(10-14)27-11-26-15/h1-5,8-10H,6-7,11H2,(H,22,24)/b17-9-. The molecule has 0 atom stereocenters. The van der Waals surface area contributed by atoms with Gasteiger partial charge in [-0.15, -0.1) is 0 Å². The summed E-state index contributed by atoms with van der Waals surface area (Å²) < 4.78 is 11.9. The van der Waals surface area contributed by atoms with E-state index in [2.05, 4.69) is 21.2 Å². The van der Waals surface area contributed by atoms with E-state index in [1.807, 2.05) is 24.3 Å². The number of carbonyl (C=O) groups excluding carboxylic acids is 2. The number of amides is 2. The summed E-state index contributed by atoms with van der Waals surface area (Å²) in [5.74, 6) is 0.847. The second-order valence-corrected chi connectivity index (χ2v) is 8.85. The molecule has 29 heavy (non-hydrogen) atoms. The Morgan fingerprint density at radius 1 is 1.24 bits per heavy atom. The van der Waals surface area contributed by atoms with E-state index in [0.29, 0.717) is 26.4 Å². The Labute approximate surface area is 185 Å². The lowest BCUT2D eigenvalue weighted by Gasteiger charge is -2.14. The van der Waals surface area contributed by atoms with Crippen LogP contribution in [-0.2, 0) is 9.59 Å². The lowest BCUT2D eigenvalue weighted by atomic mass is 10.2. The first-order valence-corrected chi connectivity index (χ1v) is 10.7. The Morgan fingerprint density at radius 3 is 2.90 bits per heavy atom. The lowest BCUT2D eigenvalue weighted by molar-refractivity contribution is -0.122. The first kappa shape index (κ1) is 19.9. The molecule has 9 heteroatoms. The number of rotatable bonds is 5. The Kier molecular flexibility index (Phi) is 5.89. The zero-order valence-electron chi connectivity index (χ0n) is 15.0. The van der Waals surface area contributed by atoms with Gasteiger partial charge in [0.05, 0.1) is 4.91 Å². The number of nitrogens with one attached hydrogen (secondary N) is 1. The van der Waals surface area contributed by atoms with Gasteiger partial charge in [0.1, 0.15) is 4.32 Å². The van der Waals surface area contributed by atoms with Crippen molar-refractivity contribution in [3.8, 4) is 11.5 Å². The zero-order chi connectivity index (χ0) is 20.4. The van der Waals surface area contributed by atoms with Crippen molar-refractivity contribution in [1.29, 1.82) is 0 Å². The molecule has 2 aromatic carbocycles. The summed E-state index contributed by atoms with van der Waals surface area (Å²) in [7, 11) is 0. The van der Waals surface area contributed by atoms with Gasteiger partial charge < -0.3 is 14.8 Å². The summed E-state index contributed by atoms with van der Waals surface area (Å²) in [6.07, 6.45) is 1.93.